The Morgan fingerprint density at radius 3 is 2.13 bits per heavy atom. The van der Waals surface area contributed by atoms with Crippen molar-refractivity contribution in [2.45, 2.75) is 14.8 Å². The zero-order valence-electron chi connectivity index (χ0n) is 20.5. The molecule has 0 saturated carbocycles. The van der Waals surface area contributed by atoms with E-state index < -0.39 is 0 Å². The number of pyridine rings is 1. The van der Waals surface area contributed by atoms with Gasteiger partial charge in [-0.25, -0.2) is 4.98 Å². The van der Waals surface area contributed by atoms with Crippen LogP contribution in [0.1, 0.15) is 5.56 Å². The third kappa shape index (κ3) is 4.93. The Labute approximate surface area is 240 Å². The molecule has 7 heteroatoms. The van der Waals surface area contributed by atoms with Gasteiger partial charge >= 0.3 is 0 Å². The second-order valence-corrected chi connectivity index (χ2v) is 11.2. The molecule has 0 aliphatic carbocycles. The van der Waals surface area contributed by atoms with Crippen LogP contribution >= 0.6 is 35.1 Å². The number of thioether (sulfide) groups is 1. The first-order valence-electron chi connectivity index (χ1n) is 12.2. The van der Waals surface area contributed by atoms with Crippen molar-refractivity contribution in [3.63, 3.8) is 0 Å². The van der Waals surface area contributed by atoms with Gasteiger partial charge < -0.3 is 0 Å². The van der Waals surface area contributed by atoms with Crippen LogP contribution in [0.3, 0.4) is 0 Å². The minimum atomic E-state index is -0.0877. The van der Waals surface area contributed by atoms with Gasteiger partial charge in [0.2, 0.25) is 5.91 Å². The van der Waals surface area contributed by atoms with E-state index in [-0.39, 0.29) is 11.7 Å². The molecular weight excluding hydrogens is 542 g/mol. The van der Waals surface area contributed by atoms with E-state index in [1.165, 1.54) is 11.8 Å². The topological polar surface area (TPSA) is 57.0 Å². The van der Waals surface area contributed by atoms with Gasteiger partial charge in [0.25, 0.3) is 0 Å². The SMILES string of the molecule is N#Cc1c(-c2ccccc2Cl)cc(-c2ccccc2)nc1SCC(=O)N1c2ccccc2Sc2ccccc21. The number of benzene rings is 4. The summed E-state index contributed by atoms with van der Waals surface area (Å²) in [6.07, 6.45) is 0. The van der Waals surface area contributed by atoms with Crippen LogP contribution < -0.4 is 4.90 Å². The molecule has 1 aliphatic rings. The highest BCUT2D eigenvalue weighted by Gasteiger charge is 2.28. The molecule has 0 bridgehead atoms. The van der Waals surface area contributed by atoms with Crippen molar-refractivity contribution >= 4 is 52.4 Å². The van der Waals surface area contributed by atoms with Gasteiger partial charge in [0.15, 0.2) is 0 Å². The van der Waals surface area contributed by atoms with Crippen LogP contribution in [0.15, 0.2) is 124 Å². The maximum absolute atomic E-state index is 13.8. The van der Waals surface area contributed by atoms with Gasteiger partial charge in [-0.05, 0) is 36.4 Å². The van der Waals surface area contributed by atoms with Crippen molar-refractivity contribution in [3.8, 4) is 28.5 Å². The lowest BCUT2D eigenvalue weighted by atomic mass is 9.99. The predicted octanol–water partition coefficient (Wildman–Crippen LogP) is 8.86. The van der Waals surface area contributed by atoms with E-state index in [1.807, 2.05) is 103 Å². The molecule has 0 saturated heterocycles. The minimum Gasteiger partial charge on any atom is -0.278 e. The van der Waals surface area contributed by atoms with Gasteiger partial charge in [0, 0.05) is 31.5 Å². The largest absolute Gasteiger partial charge is 0.278 e. The molecule has 0 fully saturated rings. The van der Waals surface area contributed by atoms with E-state index in [2.05, 4.69) is 6.07 Å². The zero-order chi connectivity index (χ0) is 26.8. The number of halogens is 1. The molecule has 6 rings (SSSR count). The molecule has 0 spiro atoms. The predicted molar refractivity (Wildman–Crippen MR) is 160 cm³/mol. The molecule has 0 unspecified atom stereocenters. The average Bonchev–Trinajstić information content (AvgIpc) is 2.98. The molecule has 188 valence electrons. The summed E-state index contributed by atoms with van der Waals surface area (Å²) in [7, 11) is 0. The van der Waals surface area contributed by atoms with Crippen LogP contribution in [0.25, 0.3) is 22.4 Å². The number of hydrogen-bond acceptors (Lipinski definition) is 5. The first kappa shape index (κ1) is 25.3. The molecule has 1 amide bonds. The van der Waals surface area contributed by atoms with Gasteiger partial charge in [-0.3, -0.25) is 9.69 Å². The lowest BCUT2D eigenvalue weighted by Crippen LogP contribution is -2.30. The van der Waals surface area contributed by atoms with Crippen molar-refractivity contribution in [2.24, 2.45) is 0 Å². The number of amides is 1. The second kappa shape index (κ2) is 11.0. The third-order valence-corrected chi connectivity index (χ3v) is 8.77. The number of nitrogens with zero attached hydrogens (tertiary/aromatic N) is 3. The Hall–Kier alpha value is -4.02. The van der Waals surface area contributed by atoms with E-state index in [0.29, 0.717) is 26.9 Å². The Morgan fingerprint density at radius 2 is 1.46 bits per heavy atom. The van der Waals surface area contributed by atoms with Crippen LogP contribution in [0, 0.1) is 11.3 Å². The van der Waals surface area contributed by atoms with E-state index >= 15 is 0 Å². The van der Waals surface area contributed by atoms with Crippen LogP contribution in [-0.2, 0) is 4.79 Å². The number of fused-ring (bicyclic) bond motifs is 2. The molecule has 0 N–H and O–H groups in total. The summed E-state index contributed by atoms with van der Waals surface area (Å²) in [5, 5.41) is 11.3. The number of nitriles is 1. The normalized spacial score (nSPS) is 11.8. The fourth-order valence-corrected chi connectivity index (χ4v) is 6.70. The molecule has 0 atom stereocenters. The second-order valence-electron chi connectivity index (χ2n) is 8.75. The fourth-order valence-electron chi connectivity index (χ4n) is 4.55. The van der Waals surface area contributed by atoms with Crippen LogP contribution in [-0.4, -0.2) is 16.6 Å². The summed E-state index contributed by atoms with van der Waals surface area (Å²) in [5.74, 6) is 0.0187. The lowest BCUT2D eigenvalue weighted by molar-refractivity contribution is -0.115. The average molecular weight is 562 g/mol. The van der Waals surface area contributed by atoms with Gasteiger partial charge in [-0.2, -0.15) is 5.26 Å². The van der Waals surface area contributed by atoms with Gasteiger partial charge in [0.1, 0.15) is 11.1 Å². The molecule has 2 heterocycles. The van der Waals surface area contributed by atoms with Crippen LogP contribution in [0.4, 0.5) is 11.4 Å². The zero-order valence-corrected chi connectivity index (χ0v) is 22.9. The Bertz CT molecular complexity index is 1710. The smallest absolute Gasteiger partial charge is 0.242 e. The standard InChI is InChI=1S/C32H20ClN3OS2/c33-25-13-5-4-12-22(25)23-18-26(21-10-2-1-3-11-21)35-32(24(23)19-34)38-20-31(37)36-27-14-6-8-16-29(27)39-30-17-9-7-15-28(30)36/h1-18H,20H2. The number of para-hydroxylation sites is 2. The number of carbonyl (C=O) groups excluding carboxylic acids is 1. The molecule has 1 aromatic heterocycles. The van der Waals surface area contributed by atoms with E-state index in [0.717, 1.165) is 32.3 Å². The maximum atomic E-state index is 13.8. The molecule has 0 radical (unpaired) electrons. The summed E-state index contributed by atoms with van der Waals surface area (Å²) < 4.78 is 0. The molecular formula is C32H20ClN3OS2. The number of carbonyl (C=O) groups is 1. The number of aromatic nitrogens is 1. The van der Waals surface area contributed by atoms with Gasteiger partial charge in [-0.1, -0.05) is 108 Å². The Balaban J connectivity index is 1.41. The molecule has 1 aliphatic heterocycles. The number of rotatable bonds is 5. The molecule has 4 aromatic carbocycles. The maximum Gasteiger partial charge on any atom is 0.242 e. The van der Waals surface area contributed by atoms with Gasteiger partial charge in [-0.15, -0.1) is 0 Å². The third-order valence-electron chi connectivity index (χ3n) is 6.35. The number of anilines is 2. The molecule has 39 heavy (non-hydrogen) atoms. The fraction of sp³-hybridized carbons (Fsp3) is 0.0312. The van der Waals surface area contributed by atoms with E-state index in [1.54, 1.807) is 22.7 Å². The summed E-state index contributed by atoms with van der Waals surface area (Å²) in [6, 6.07) is 37.3. The number of hydrogen-bond donors (Lipinski definition) is 0. The van der Waals surface area contributed by atoms with Crippen molar-refractivity contribution in [1.82, 2.24) is 4.98 Å². The van der Waals surface area contributed by atoms with Crippen molar-refractivity contribution in [3.05, 3.63) is 120 Å². The minimum absolute atomic E-state index is 0.0877. The summed E-state index contributed by atoms with van der Waals surface area (Å²) in [5.41, 5.74) is 5.18. The van der Waals surface area contributed by atoms with E-state index in [4.69, 9.17) is 16.6 Å². The van der Waals surface area contributed by atoms with Crippen LogP contribution in [0.2, 0.25) is 5.02 Å². The Morgan fingerprint density at radius 1 is 0.846 bits per heavy atom. The highest BCUT2D eigenvalue weighted by Crippen LogP contribution is 2.48. The summed E-state index contributed by atoms with van der Waals surface area (Å²) in [4.78, 5) is 22.5. The highest BCUT2D eigenvalue weighted by molar-refractivity contribution is 8.00. The highest BCUT2D eigenvalue weighted by atomic mass is 35.5. The summed E-state index contributed by atoms with van der Waals surface area (Å²) >= 11 is 9.49. The van der Waals surface area contributed by atoms with Crippen molar-refractivity contribution in [1.29, 1.82) is 5.26 Å². The quantitative estimate of drug-likeness (QED) is 0.201. The van der Waals surface area contributed by atoms with Crippen molar-refractivity contribution < 1.29 is 4.79 Å². The first-order chi connectivity index (χ1) is 19.1. The monoisotopic (exact) mass is 561 g/mol. The first-order valence-corrected chi connectivity index (χ1v) is 14.4. The molecule has 5 aromatic rings. The summed E-state index contributed by atoms with van der Waals surface area (Å²) in [6.45, 7) is 0. The lowest BCUT2D eigenvalue weighted by Gasteiger charge is -2.31. The van der Waals surface area contributed by atoms with E-state index in [9.17, 15) is 10.1 Å². The van der Waals surface area contributed by atoms with Crippen LogP contribution in [0.5, 0.6) is 0 Å². The molecule has 4 nitrogen and oxygen atoms in total. The Kier molecular flexibility index (Phi) is 7.12. The van der Waals surface area contributed by atoms with Gasteiger partial charge in [0.05, 0.1) is 28.4 Å². The van der Waals surface area contributed by atoms with Crippen molar-refractivity contribution in [2.75, 3.05) is 10.7 Å².